The molecular weight excluding hydrogens is 380 g/mol. The minimum absolute atomic E-state index is 0.0648. The molecule has 2 aromatic rings. The van der Waals surface area contributed by atoms with Gasteiger partial charge in [0.2, 0.25) is 10.0 Å². The largest absolute Gasteiger partial charge is 0.389 e. The Hall–Kier alpha value is -2.26. The first-order chi connectivity index (χ1) is 13.3. The third kappa shape index (κ3) is 6.42. The molecule has 7 nitrogen and oxygen atoms in total. The van der Waals surface area contributed by atoms with Crippen molar-refractivity contribution in [1.29, 1.82) is 0 Å². The number of carbonyl (C=O) groups excluding carboxylic acids is 1. The molecule has 2 rings (SSSR count). The second-order valence-electron chi connectivity index (χ2n) is 6.30. The number of benzene rings is 2. The van der Waals surface area contributed by atoms with E-state index in [1.807, 2.05) is 6.92 Å². The van der Waals surface area contributed by atoms with Gasteiger partial charge >= 0.3 is 0 Å². The number of aliphatic hydroxyl groups is 1. The van der Waals surface area contributed by atoms with E-state index in [2.05, 4.69) is 10.0 Å². The van der Waals surface area contributed by atoms with Crippen LogP contribution in [0.2, 0.25) is 0 Å². The fraction of sp³-hybridized carbons (Fsp3) is 0.350. The molecular formula is C20H26N2O5S. The first-order valence-corrected chi connectivity index (χ1v) is 10.5. The van der Waals surface area contributed by atoms with Crippen LogP contribution in [0.25, 0.3) is 0 Å². The maximum atomic E-state index is 12.4. The number of rotatable bonds is 10. The second kappa shape index (κ2) is 10.3. The lowest BCUT2D eigenvalue weighted by Crippen LogP contribution is -2.46. The first kappa shape index (κ1) is 22.0. The van der Waals surface area contributed by atoms with Crippen LogP contribution >= 0.6 is 0 Å². The van der Waals surface area contributed by atoms with Crippen LogP contribution < -0.4 is 10.0 Å². The van der Waals surface area contributed by atoms with E-state index in [-0.39, 0.29) is 23.9 Å². The molecule has 1 amide bonds. The number of aliphatic hydroxyl groups excluding tert-OH is 1. The molecule has 0 radical (unpaired) electrons. The fourth-order valence-corrected chi connectivity index (χ4v) is 3.58. The Morgan fingerprint density at radius 2 is 1.71 bits per heavy atom. The molecule has 0 aromatic heterocycles. The Labute approximate surface area is 165 Å². The van der Waals surface area contributed by atoms with E-state index in [0.29, 0.717) is 12.2 Å². The zero-order chi connectivity index (χ0) is 20.6. The van der Waals surface area contributed by atoms with Crippen LogP contribution in [0.4, 0.5) is 0 Å². The lowest BCUT2D eigenvalue weighted by Gasteiger charge is -2.23. The minimum atomic E-state index is -3.73. The van der Waals surface area contributed by atoms with E-state index in [0.717, 1.165) is 5.56 Å². The summed E-state index contributed by atoms with van der Waals surface area (Å²) in [7, 11) is -3.73. The van der Waals surface area contributed by atoms with Gasteiger partial charge < -0.3 is 15.2 Å². The summed E-state index contributed by atoms with van der Waals surface area (Å²) in [6.07, 6.45) is -1.88. The van der Waals surface area contributed by atoms with Gasteiger partial charge in [0.1, 0.15) is 0 Å². The monoisotopic (exact) mass is 406 g/mol. The van der Waals surface area contributed by atoms with Crippen molar-refractivity contribution in [3.8, 4) is 0 Å². The van der Waals surface area contributed by atoms with Crippen molar-refractivity contribution in [2.24, 2.45) is 0 Å². The van der Waals surface area contributed by atoms with E-state index in [1.54, 1.807) is 49.4 Å². The zero-order valence-electron chi connectivity index (χ0n) is 16.0. The summed E-state index contributed by atoms with van der Waals surface area (Å²) < 4.78 is 32.7. The van der Waals surface area contributed by atoms with Gasteiger partial charge in [0.15, 0.2) is 0 Å². The summed E-state index contributed by atoms with van der Waals surface area (Å²) in [6.45, 7) is 3.73. The van der Waals surface area contributed by atoms with Crippen molar-refractivity contribution in [3.63, 3.8) is 0 Å². The number of sulfonamides is 1. The summed E-state index contributed by atoms with van der Waals surface area (Å²) in [5.74, 6) is -0.324. The van der Waals surface area contributed by atoms with Crippen molar-refractivity contribution < 1.29 is 23.1 Å². The highest BCUT2D eigenvalue weighted by Crippen LogP contribution is 2.10. The average molecular weight is 407 g/mol. The Bertz CT molecular complexity index is 854. The van der Waals surface area contributed by atoms with Crippen molar-refractivity contribution >= 4 is 15.9 Å². The van der Waals surface area contributed by atoms with E-state index >= 15 is 0 Å². The van der Waals surface area contributed by atoms with Gasteiger partial charge in [0, 0.05) is 25.3 Å². The van der Waals surface area contributed by atoms with Crippen molar-refractivity contribution in [3.05, 3.63) is 65.7 Å². The van der Waals surface area contributed by atoms with Gasteiger partial charge in [0.05, 0.1) is 17.1 Å². The highest BCUT2D eigenvalue weighted by atomic mass is 32.2. The van der Waals surface area contributed by atoms with E-state index in [9.17, 15) is 18.3 Å². The van der Waals surface area contributed by atoms with Gasteiger partial charge in [-0.15, -0.1) is 0 Å². The Balaban J connectivity index is 1.94. The highest BCUT2D eigenvalue weighted by Gasteiger charge is 2.23. The molecule has 0 aliphatic carbocycles. The number of aryl methyl sites for hydroxylation is 1. The molecule has 0 spiro atoms. The van der Waals surface area contributed by atoms with E-state index < -0.39 is 22.2 Å². The molecule has 8 heteroatoms. The number of nitrogens with one attached hydrogen (secondary N) is 2. The van der Waals surface area contributed by atoms with Gasteiger partial charge in [-0.05, 0) is 38.1 Å². The van der Waals surface area contributed by atoms with Crippen LogP contribution in [0.5, 0.6) is 0 Å². The molecule has 2 atom stereocenters. The number of hydrogen-bond donors (Lipinski definition) is 3. The summed E-state index contributed by atoms with van der Waals surface area (Å²) in [6, 6.07) is 15.1. The highest BCUT2D eigenvalue weighted by molar-refractivity contribution is 7.89. The molecule has 0 saturated carbocycles. The number of carbonyl (C=O) groups is 1. The smallest absolute Gasteiger partial charge is 0.251 e. The lowest BCUT2D eigenvalue weighted by atomic mass is 10.2. The fourth-order valence-electron chi connectivity index (χ4n) is 2.53. The van der Waals surface area contributed by atoms with Gasteiger partial charge in [0.25, 0.3) is 5.91 Å². The summed E-state index contributed by atoms with van der Waals surface area (Å²) in [5.41, 5.74) is 1.43. The quantitative estimate of drug-likeness (QED) is 0.554. The van der Waals surface area contributed by atoms with Crippen LogP contribution in [0.15, 0.2) is 59.5 Å². The third-order valence-electron chi connectivity index (χ3n) is 4.12. The zero-order valence-corrected chi connectivity index (χ0v) is 16.8. The maximum absolute atomic E-state index is 12.4. The number of ether oxygens (including phenoxy) is 1. The maximum Gasteiger partial charge on any atom is 0.251 e. The topological polar surface area (TPSA) is 105 Å². The molecule has 0 bridgehead atoms. The molecule has 3 N–H and O–H groups in total. The third-order valence-corrected chi connectivity index (χ3v) is 5.56. The predicted molar refractivity (Wildman–Crippen MR) is 107 cm³/mol. The first-order valence-electron chi connectivity index (χ1n) is 9.02. The Kier molecular flexibility index (Phi) is 8.13. The molecule has 0 heterocycles. The van der Waals surface area contributed by atoms with Gasteiger partial charge in [-0.1, -0.05) is 35.9 Å². The molecule has 0 unspecified atom stereocenters. The van der Waals surface area contributed by atoms with Crippen LogP contribution in [-0.4, -0.2) is 51.3 Å². The second-order valence-corrected chi connectivity index (χ2v) is 8.07. The molecule has 0 aliphatic rings. The predicted octanol–water partition coefficient (Wildman–Crippen LogP) is 1.47. The van der Waals surface area contributed by atoms with Crippen LogP contribution in [-0.2, 0) is 14.8 Å². The SMILES string of the molecule is CCO[C@H](CNS(=O)(=O)c1ccc(C)cc1)[C@@H](O)CNC(=O)c1ccccc1. The lowest BCUT2D eigenvalue weighted by molar-refractivity contribution is -0.0269. The van der Waals surface area contributed by atoms with E-state index in [1.165, 1.54) is 12.1 Å². The summed E-state index contributed by atoms with van der Waals surface area (Å²) in [5, 5.41) is 13.0. The summed E-state index contributed by atoms with van der Waals surface area (Å²) >= 11 is 0. The number of amides is 1. The average Bonchev–Trinajstić information content (AvgIpc) is 2.70. The van der Waals surface area contributed by atoms with Gasteiger partial charge in [-0.2, -0.15) is 0 Å². The molecule has 2 aromatic carbocycles. The van der Waals surface area contributed by atoms with Crippen molar-refractivity contribution in [2.75, 3.05) is 19.7 Å². The summed E-state index contributed by atoms with van der Waals surface area (Å²) in [4.78, 5) is 12.2. The van der Waals surface area contributed by atoms with Crippen molar-refractivity contribution in [1.82, 2.24) is 10.0 Å². The number of hydrogen-bond acceptors (Lipinski definition) is 5. The molecule has 28 heavy (non-hydrogen) atoms. The molecule has 0 fully saturated rings. The molecule has 0 aliphatic heterocycles. The molecule has 152 valence electrons. The molecule has 0 saturated heterocycles. The van der Waals surface area contributed by atoms with Gasteiger partial charge in [-0.3, -0.25) is 4.79 Å². The van der Waals surface area contributed by atoms with Crippen LogP contribution in [0.1, 0.15) is 22.8 Å². The minimum Gasteiger partial charge on any atom is -0.389 e. The van der Waals surface area contributed by atoms with Gasteiger partial charge in [-0.25, -0.2) is 13.1 Å². The Morgan fingerprint density at radius 1 is 1.07 bits per heavy atom. The van der Waals surface area contributed by atoms with E-state index in [4.69, 9.17) is 4.74 Å². The van der Waals surface area contributed by atoms with Crippen LogP contribution in [0, 0.1) is 6.92 Å². The Morgan fingerprint density at radius 3 is 2.32 bits per heavy atom. The standard InChI is InChI=1S/C20H26N2O5S/c1-3-27-19(14-22-28(25,26)17-11-9-15(2)10-12-17)18(23)13-21-20(24)16-7-5-4-6-8-16/h4-12,18-19,22-23H,3,13-14H2,1-2H3,(H,21,24)/t18-,19+/m0/s1. The normalized spacial score (nSPS) is 13.7. The van der Waals surface area contributed by atoms with Crippen molar-refractivity contribution in [2.45, 2.75) is 31.0 Å². The van der Waals surface area contributed by atoms with Crippen LogP contribution in [0.3, 0.4) is 0 Å².